The van der Waals surface area contributed by atoms with Crippen LogP contribution < -0.4 is 0 Å². The van der Waals surface area contributed by atoms with Crippen LogP contribution in [0.4, 0.5) is 0 Å². The Balaban J connectivity index is 2.50. The molecular formula is C26H50O5. The van der Waals surface area contributed by atoms with Crippen LogP contribution in [0, 0.1) is 5.92 Å². The van der Waals surface area contributed by atoms with E-state index in [0.29, 0.717) is 20.2 Å². The second-order valence-corrected chi connectivity index (χ2v) is 8.85. The lowest BCUT2D eigenvalue weighted by molar-refractivity contribution is -0.188. The first-order chi connectivity index (χ1) is 15.3. The van der Waals surface area contributed by atoms with Gasteiger partial charge in [0, 0.05) is 26.6 Å². The summed E-state index contributed by atoms with van der Waals surface area (Å²) in [7, 11) is 3.32. The van der Waals surface area contributed by atoms with Gasteiger partial charge in [-0.05, 0) is 12.8 Å². The predicted molar refractivity (Wildman–Crippen MR) is 127 cm³/mol. The molecule has 5 nitrogen and oxygen atoms in total. The Bertz CT molecular complexity index is 415. The van der Waals surface area contributed by atoms with Crippen molar-refractivity contribution in [2.75, 3.05) is 34.4 Å². The molecule has 1 rings (SSSR count). The summed E-state index contributed by atoms with van der Waals surface area (Å²) in [6.45, 7) is 5.63. The van der Waals surface area contributed by atoms with Crippen molar-refractivity contribution < 1.29 is 23.7 Å². The number of ether oxygens (including phenoxy) is 5. The Morgan fingerprint density at radius 1 is 0.839 bits per heavy atom. The van der Waals surface area contributed by atoms with Crippen LogP contribution in [0.15, 0.2) is 12.2 Å². The molecule has 184 valence electrons. The molecule has 0 amide bonds. The molecule has 1 aliphatic rings. The quantitative estimate of drug-likeness (QED) is 0.120. The molecule has 1 heterocycles. The zero-order valence-corrected chi connectivity index (χ0v) is 20.8. The lowest BCUT2D eigenvalue weighted by Gasteiger charge is -2.40. The molecule has 0 aromatic rings. The fraction of sp³-hybridized carbons (Fsp3) is 0.923. The summed E-state index contributed by atoms with van der Waals surface area (Å²) >= 11 is 0. The Morgan fingerprint density at radius 2 is 1.52 bits per heavy atom. The molecule has 0 aromatic carbocycles. The minimum Gasteiger partial charge on any atom is -0.370 e. The minimum absolute atomic E-state index is 0.0163. The molecule has 5 heteroatoms. The predicted octanol–water partition coefficient (Wildman–Crippen LogP) is 6.65. The van der Waals surface area contributed by atoms with Crippen LogP contribution >= 0.6 is 0 Å². The highest BCUT2D eigenvalue weighted by molar-refractivity contribution is 4.99. The average molecular weight is 443 g/mol. The van der Waals surface area contributed by atoms with Gasteiger partial charge in [0.15, 0.2) is 0 Å². The first-order valence-electron chi connectivity index (χ1n) is 12.8. The molecule has 31 heavy (non-hydrogen) atoms. The molecule has 0 radical (unpaired) electrons. The molecular weight excluding hydrogens is 392 g/mol. The van der Waals surface area contributed by atoms with Crippen molar-refractivity contribution in [3.05, 3.63) is 12.2 Å². The van der Waals surface area contributed by atoms with E-state index in [2.05, 4.69) is 26.0 Å². The number of hydrogen-bond donors (Lipinski definition) is 0. The standard InChI is InChI=1S/C26H50O5/c1-5-7-9-10-11-12-13-14-16-17-23-19-26(30-22-28-4)24(20-29-21-27-3)25(31-23)18-15-8-6-2/h15,18,23-26H,5-14,16-17,19-22H2,1-4H3/b18-15+/t23-,24+,25+,26+/m1/s1. The van der Waals surface area contributed by atoms with Crippen LogP contribution in [0.1, 0.15) is 97.3 Å². The second-order valence-electron chi connectivity index (χ2n) is 8.85. The van der Waals surface area contributed by atoms with Crippen molar-refractivity contribution in [3.8, 4) is 0 Å². The fourth-order valence-electron chi connectivity index (χ4n) is 4.29. The third-order valence-electron chi connectivity index (χ3n) is 6.07. The van der Waals surface area contributed by atoms with Crippen molar-refractivity contribution in [1.82, 2.24) is 0 Å². The highest BCUT2D eigenvalue weighted by Crippen LogP contribution is 2.32. The highest BCUT2D eigenvalue weighted by Gasteiger charge is 2.38. The number of rotatable bonds is 20. The van der Waals surface area contributed by atoms with E-state index in [9.17, 15) is 0 Å². The third kappa shape index (κ3) is 13.6. The van der Waals surface area contributed by atoms with Gasteiger partial charge in [-0.3, -0.25) is 0 Å². The lowest BCUT2D eigenvalue weighted by atomic mass is 9.87. The third-order valence-corrected chi connectivity index (χ3v) is 6.07. The summed E-state index contributed by atoms with van der Waals surface area (Å²) in [6, 6.07) is 0. The molecule has 0 unspecified atom stereocenters. The first kappa shape index (κ1) is 28.6. The van der Waals surface area contributed by atoms with Crippen LogP contribution in [0.2, 0.25) is 0 Å². The van der Waals surface area contributed by atoms with E-state index in [1.165, 1.54) is 57.8 Å². The van der Waals surface area contributed by atoms with Gasteiger partial charge in [-0.25, -0.2) is 0 Å². The van der Waals surface area contributed by atoms with E-state index in [0.717, 1.165) is 25.7 Å². The maximum atomic E-state index is 6.53. The van der Waals surface area contributed by atoms with Gasteiger partial charge < -0.3 is 23.7 Å². The molecule has 1 aliphatic heterocycles. The van der Waals surface area contributed by atoms with Crippen LogP contribution in [-0.4, -0.2) is 52.7 Å². The molecule has 1 saturated heterocycles. The van der Waals surface area contributed by atoms with Crippen molar-refractivity contribution in [2.24, 2.45) is 5.92 Å². The van der Waals surface area contributed by atoms with Crippen molar-refractivity contribution in [3.63, 3.8) is 0 Å². The number of allylic oxidation sites excluding steroid dienone is 1. The molecule has 0 aromatic heterocycles. The first-order valence-corrected chi connectivity index (χ1v) is 12.8. The van der Waals surface area contributed by atoms with Gasteiger partial charge in [-0.1, -0.05) is 90.2 Å². The number of methoxy groups -OCH3 is 2. The van der Waals surface area contributed by atoms with Crippen molar-refractivity contribution in [1.29, 1.82) is 0 Å². The van der Waals surface area contributed by atoms with Gasteiger partial charge in [-0.2, -0.15) is 0 Å². The van der Waals surface area contributed by atoms with E-state index in [1.54, 1.807) is 14.2 Å². The van der Waals surface area contributed by atoms with Gasteiger partial charge in [0.1, 0.15) is 13.6 Å². The van der Waals surface area contributed by atoms with Gasteiger partial charge in [0.05, 0.1) is 24.9 Å². The zero-order valence-electron chi connectivity index (χ0n) is 20.8. The van der Waals surface area contributed by atoms with E-state index in [1.807, 2.05) is 0 Å². The molecule has 0 aliphatic carbocycles. The smallest absolute Gasteiger partial charge is 0.146 e. The number of hydrogen-bond acceptors (Lipinski definition) is 5. The average Bonchev–Trinajstić information content (AvgIpc) is 2.78. The Hall–Kier alpha value is -0.460. The van der Waals surface area contributed by atoms with E-state index < -0.39 is 0 Å². The van der Waals surface area contributed by atoms with Crippen molar-refractivity contribution in [2.45, 2.75) is 116 Å². The van der Waals surface area contributed by atoms with Gasteiger partial charge in [0.2, 0.25) is 0 Å². The summed E-state index contributed by atoms with van der Waals surface area (Å²) < 4.78 is 28.6. The van der Waals surface area contributed by atoms with Crippen molar-refractivity contribution >= 4 is 0 Å². The van der Waals surface area contributed by atoms with Crippen LogP contribution in [0.25, 0.3) is 0 Å². The molecule has 0 N–H and O–H groups in total. The Kier molecular flexibility index (Phi) is 18.6. The molecule has 1 fully saturated rings. The molecule has 0 spiro atoms. The second kappa shape index (κ2) is 20.2. The maximum Gasteiger partial charge on any atom is 0.146 e. The molecule has 0 bridgehead atoms. The van der Waals surface area contributed by atoms with Gasteiger partial charge in [0.25, 0.3) is 0 Å². The van der Waals surface area contributed by atoms with E-state index in [4.69, 9.17) is 23.7 Å². The topological polar surface area (TPSA) is 46.2 Å². The number of unbranched alkanes of at least 4 members (excludes halogenated alkanes) is 9. The summed E-state index contributed by atoms with van der Waals surface area (Å²) in [5.74, 6) is 0.151. The molecule has 4 atom stereocenters. The van der Waals surface area contributed by atoms with E-state index >= 15 is 0 Å². The van der Waals surface area contributed by atoms with Crippen LogP contribution in [0.5, 0.6) is 0 Å². The highest BCUT2D eigenvalue weighted by atomic mass is 16.7. The lowest BCUT2D eigenvalue weighted by Crippen LogP contribution is -2.47. The zero-order chi connectivity index (χ0) is 22.6. The summed E-state index contributed by atoms with van der Waals surface area (Å²) in [4.78, 5) is 0. The summed E-state index contributed by atoms with van der Waals surface area (Å²) in [5, 5.41) is 0. The minimum atomic E-state index is 0.0163. The van der Waals surface area contributed by atoms with E-state index in [-0.39, 0.29) is 24.2 Å². The fourth-order valence-corrected chi connectivity index (χ4v) is 4.29. The summed E-state index contributed by atoms with van der Waals surface area (Å²) in [6.07, 6.45) is 21.1. The monoisotopic (exact) mass is 442 g/mol. The normalized spacial score (nSPS) is 24.3. The van der Waals surface area contributed by atoms with Gasteiger partial charge >= 0.3 is 0 Å². The maximum absolute atomic E-state index is 6.53. The Morgan fingerprint density at radius 3 is 2.16 bits per heavy atom. The molecule has 0 saturated carbocycles. The van der Waals surface area contributed by atoms with Crippen LogP contribution in [-0.2, 0) is 23.7 Å². The SMILES string of the molecule is CCC/C=C/[C@@H]1O[C@H](CCCCCCCCCCC)C[C@H](OCOC)[C@H]1COCOC. The Labute approximate surface area is 192 Å². The summed E-state index contributed by atoms with van der Waals surface area (Å²) in [5.41, 5.74) is 0. The van der Waals surface area contributed by atoms with Gasteiger partial charge in [-0.15, -0.1) is 0 Å². The largest absolute Gasteiger partial charge is 0.370 e. The van der Waals surface area contributed by atoms with Crippen LogP contribution in [0.3, 0.4) is 0 Å².